The lowest BCUT2D eigenvalue weighted by Crippen LogP contribution is -2.36. The van der Waals surface area contributed by atoms with Crippen LogP contribution in [0.5, 0.6) is 0 Å². The molecule has 0 bridgehead atoms. The number of nitro benzene ring substituents is 1. The van der Waals surface area contributed by atoms with Gasteiger partial charge in [0, 0.05) is 18.2 Å². The molecule has 0 unspecified atom stereocenters. The van der Waals surface area contributed by atoms with Crippen LogP contribution in [0.15, 0.2) is 12.1 Å². The maximum absolute atomic E-state index is 12.4. The number of hydrogen-bond acceptors (Lipinski definition) is 5. The van der Waals surface area contributed by atoms with Gasteiger partial charge in [-0.3, -0.25) is 10.1 Å². The van der Waals surface area contributed by atoms with E-state index in [1.807, 2.05) is 11.6 Å². The highest BCUT2D eigenvalue weighted by molar-refractivity contribution is 5.90. The van der Waals surface area contributed by atoms with Crippen molar-refractivity contribution < 1.29 is 9.72 Å². The first-order chi connectivity index (χ1) is 11.8. The Labute approximate surface area is 144 Å². The maximum atomic E-state index is 12.4. The lowest BCUT2D eigenvalue weighted by atomic mass is 10.1. The summed E-state index contributed by atoms with van der Waals surface area (Å²) in [6, 6.07) is 2.43. The standard InChI is InChI=1S/C16H20N6O3/c1-9-7-10(2)14(22(24)25)8-13(9)19-16(23)18-12-5-4-6-21-15(12)17-11(3)20-21/h7-8,12H,4-6H2,1-3H3,(H2,18,19,23)/t12-/m1/s1. The Kier molecular flexibility index (Phi) is 4.39. The van der Waals surface area contributed by atoms with Crippen LogP contribution in [0.3, 0.4) is 0 Å². The van der Waals surface area contributed by atoms with Crippen molar-refractivity contribution in [3.05, 3.63) is 45.0 Å². The van der Waals surface area contributed by atoms with Crippen LogP contribution < -0.4 is 10.6 Å². The minimum Gasteiger partial charge on any atom is -0.328 e. The van der Waals surface area contributed by atoms with Crippen molar-refractivity contribution >= 4 is 17.4 Å². The Morgan fingerprint density at radius 1 is 1.32 bits per heavy atom. The van der Waals surface area contributed by atoms with Crippen LogP contribution >= 0.6 is 0 Å². The summed E-state index contributed by atoms with van der Waals surface area (Å²) in [4.78, 5) is 27.4. The highest BCUT2D eigenvalue weighted by Gasteiger charge is 2.25. The molecule has 1 aromatic carbocycles. The number of carbonyl (C=O) groups excluding carboxylic acids is 1. The van der Waals surface area contributed by atoms with Gasteiger partial charge in [0.05, 0.1) is 16.7 Å². The van der Waals surface area contributed by atoms with Crippen molar-refractivity contribution in [1.82, 2.24) is 20.1 Å². The topological polar surface area (TPSA) is 115 Å². The molecule has 0 radical (unpaired) electrons. The lowest BCUT2D eigenvalue weighted by molar-refractivity contribution is -0.385. The second-order valence-corrected chi connectivity index (χ2v) is 6.24. The van der Waals surface area contributed by atoms with E-state index in [0.717, 1.165) is 30.8 Å². The van der Waals surface area contributed by atoms with Crippen LogP contribution in [0.2, 0.25) is 0 Å². The van der Waals surface area contributed by atoms with Gasteiger partial charge in [0.2, 0.25) is 0 Å². The SMILES string of the molecule is Cc1nc2n(n1)CCC[C@H]2NC(=O)Nc1cc([N+](=O)[O-])c(C)cc1C. The summed E-state index contributed by atoms with van der Waals surface area (Å²) in [7, 11) is 0. The molecule has 0 saturated carbocycles. The predicted molar refractivity (Wildman–Crippen MR) is 91.5 cm³/mol. The second kappa shape index (κ2) is 6.50. The van der Waals surface area contributed by atoms with Gasteiger partial charge >= 0.3 is 6.03 Å². The molecule has 0 aliphatic carbocycles. The van der Waals surface area contributed by atoms with E-state index >= 15 is 0 Å². The fourth-order valence-electron chi connectivity index (χ4n) is 3.09. The molecule has 0 saturated heterocycles. The molecule has 132 valence electrons. The van der Waals surface area contributed by atoms with Gasteiger partial charge in [-0.15, -0.1) is 0 Å². The second-order valence-electron chi connectivity index (χ2n) is 6.24. The molecular weight excluding hydrogens is 324 g/mol. The number of aryl methyl sites for hydroxylation is 4. The number of anilines is 1. The summed E-state index contributed by atoms with van der Waals surface area (Å²) >= 11 is 0. The largest absolute Gasteiger partial charge is 0.328 e. The fourth-order valence-corrected chi connectivity index (χ4v) is 3.09. The number of benzene rings is 1. The van der Waals surface area contributed by atoms with Crippen molar-refractivity contribution in [3.63, 3.8) is 0 Å². The van der Waals surface area contributed by atoms with Gasteiger partial charge in [-0.1, -0.05) is 0 Å². The van der Waals surface area contributed by atoms with Gasteiger partial charge in [0.25, 0.3) is 5.69 Å². The molecular formula is C16H20N6O3. The third-order valence-corrected chi connectivity index (χ3v) is 4.27. The number of nitrogens with zero attached hydrogens (tertiary/aromatic N) is 4. The smallest absolute Gasteiger partial charge is 0.319 e. The average Bonchev–Trinajstić information content (AvgIpc) is 2.91. The number of amides is 2. The Bertz CT molecular complexity index is 845. The monoisotopic (exact) mass is 344 g/mol. The maximum Gasteiger partial charge on any atom is 0.319 e. The van der Waals surface area contributed by atoms with Crippen molar-refractivity contribution in [3.8, 4) is 0 Å². The number of rotatable bonds is 3. The quantitative estimate of drug-likeness (QED) is 0.656. The first-order valence-corrected chi connectivity index (χ1v) is 8.09. The van der Waals surface area contributed by atoms with Crippen molar-refractivity contribution in [2.24, 2.45) is 0 Å². The van der Waals surface area contributed by atoms with Crippen LogP contribution in [0.1, 0.15) is 41.7 Å². The summed E-state index contributed by atoms with van der Waals surface area (Å²) in [5.74, 6) is 1.42. The summed E-state index contributed by atoms with van der Waals surface area (Å²) in [5.41, 5.74) is 1.72. The van der Waals surface area contributed by atoms with Gasteiger partial charge in [-0.05, 0) is 45.2 Å². The van der Waals surface area contributed by atoms with Crippen LogP contribution in [0, 0.1) is 30.9 Å². The van der Waals surface area contributed by atoms with Gasteiger partial charge < -0.3 is 10.6 Å². The molecule has 2 amide bonds. The Hall–Kier alpha value is -2.97. The van der Waals surface area contributed by atoms with E-state index in [1.54, 1.807) is 19.9 Å². The third kappa shape index (κ3) is 3.44. The number of nitro groups is 1. The number of hydrogen-bond donors (Lipinski definition) is 2. The minimum atomic E-state index is -0.454. The molecule has 1 atom stereocenters. The number of urea groups is 1. The van der Waals surface area contributed by atoms with Gasteiger partial charge in [-0.2, -0.15) is 5.10 Å². The molecule has 2 aromatic rings. The van der Waals surface area contributed by atoms with Crippen LogP contribution in [-0.2, 0) is 6.54 Å². The molecule has 1 aliphatic rings. The van der Waals surface area contributed by atoms with Crippen LogP contribution in [-0.4, -0.2) is 25.7 Å². The number of fused-ring (bicyclic) bond motifs is 1. The number of carbonyl (C=O) groups is 1. The van der Waals surface area contributed by atoms with E-state index in [0.29, 0.717) is 17.1 Å². The zero-order chi connectivity index (χ0) is 18.1. The average molecular weight is 344 g/mol. The highest BCUT2D eigenvalue weighted by atomic mass is 16.6. The van der Waals surface area contributed by atoms with E-state index in [1.165, 1.54) is 6.07 Å². The number of aromatic nitrogens is 3. The zero-order valence-electron chi connectivity index (χ0n) is 14.4. The molecule has 2 N–H and O–H groups in total. The lowest BCUT2D eigenvalue weighted by Gasteiger charge is -2.23. The zero-order valence-corrected chi connectivity index (χ0v) is 14.4. The summed E-state index contributed by atoms with van der Waals surface area (Å²) in [6.45, 7) is 6.08. The Balaban J connectivity index is 1.76. The molecule has 9 heteroatoms. The summed E-state index contributed by atoms with van der Waals surface area (Å²) in [5, 5.41) is 21.0. The van der Waals surface area contributed by atoms with Crippen molar-refractivity contribution in [1.29, 1.82) is 0 Å². The molecule has 0 fully saturated rings. The summed E-state index contributed by atoms with van der Waals surface area (Å²) < 4.78 is 1.81. The van der Waals surface area contributed by atoms with Crippen molar-refractivity contribution in [2.75, 3.05) is 5.32 Å². The minimum absolute atomic E-state index is 0.0195. The molecule has 0 spiro atoms. The van der Waals surface area contributed by atoms with Crippen LogP contribution in [0.4, 0.5) is 16.2 Å². The molecule has 1 aromatic heterocycles. The number of nitrogens with one attached hydrogen (secondary N) is 2. The molecule has 3 rings (SSSR count). The van der Waals surface area contributed by atoms with E-state index in [2.05, 4.69) is 20.7 Å². The Morgan fingerprint density at radius 2 is 2.08 bits per heavy atom. The van der Waals surface area contributed by atoms with E-state index in [9.17, 15) is 14.9 Å². The predicted octanol–water partition coefficient (Wildman–Crippen LogP) is 2.77. The molecule has 1 aliphatic heterocycles. The first kappa shape index (κ1) is 16.9. The van der Waals surface area contributed by atoms with Gasteiger partial charge in [0.1, 0.15) is 11.6 Å². The third-order valence-electron chi connectivity index (χ3n) is 4.27. The van der Waals surface area contributed by atoms with E-state index in [-0.39, 0.29) is 11.7 Å². The summed E-state index contributed by atoms with van der Waals surface area (Å²) in [6.07, 6.45) is 1.67. The Morgan fingerprint density at radius 3 is 2.80 bits per heavy atom. The van der Waals surface area contributed by atoms with Gasteiger partial charge in [0.15, 0.2) is 0 Å². The highest BCUT2D eigenvalue weighted by Crippen LogP contribution is 2.27. The molecule has 25 heavy (non-hydrogen) atoms. The normalized spacial score (nSPS) is 16.2. The van der Waals surface area contributed by atoms with E-state index in [4.69, 9.17) is 0 Å². The molecule has 9 nitrogen and oxygen atoms in total. The van der Waals surface area contributed by atoms with Gasteiger partial charge in [-0.25, -0.2) is 14.5 Å². The van der Waals surface area contributed by atoms with Crippen molar-refractivity contribution in [2.45, 2.75) is 46.2 Å². The molecule has 2 heterocycles. The van der Waals surface area contributed by atoms with E-state index < -0.39 is 11.0 Å². The first-order valence-electron chi connectivity index (χ1n) is 8.09. The van der Waals surface area contributed by atoms with Crippen LogP contribution in [0.25, 0.3) is 0 Å². The fraction of sp³-hybridized carbons (Fsp3) is 0.438.